The Morgan fingerprint density at radius 3 is 2.71 bits per heavy atom. The van der Waals surface area contributed by atoms with Crippen LogP contribution in [0.4, 0.5) is 10.5 Å². The summed E-state index contributed by atoms with van der Waals surface area (Å²) in [6.45, 7) is 1.87. The molecule has 0 aliphatic carbocycles. The third kappa shape index (κ3) is 3.72. The summed E-state index contributed by atoms with van der Waals surface area (Å²) in [5.74, 6) is -0.830. The highest BCUT2D eigenvalue weighted by molar-refractivity contribution is 6.00. The van der Waals surface area contributed by atoms with Crippen LogP contribution in [0.25, 0.3) is 0 Å². The quantitative estimate of drug-likeness (QED) is 0.635. The molecule has 110 valence electrons. The van der Waals surface area contributed by atoms with Gasteiger partial charge in [-0.2, -0.15) is 0 Å². The van der Waals surface area contributed by atoms with E-state index < -0.39 is 12.0 Å². The molecule has 1 heterocycles. The van der Waals surface area contributed by atoms with Crippen molar-refractivity contribution in [3.05, 3.63) is 41.3 Å². The maximum absolute atomic E-state index is 11.7. The molecule has 1 aromatic heterocycles. The predicted molar refractivity (Wildman–Crippen MR) is 72.2 cm³/mol. The molecular formula is C13H13N3O5. The highest BCUT2D eigenvalue weighted by atomic mass is 16.5. The minimum Gasteiger partial charge on any atom is -0.508 e. The zero-order valence-electron chi connectivity index (χ0n) is 11.1. The Morgan fingerprint density at radius 1 is 1.33 bits per heavy atom. The summed E-state index contributed by atoms with van der Waals surface area (Å²) in [6, 6.07) is 4.72. The molecule has 21 heavy (non-hydrogen) atoms. The summed E-state index contributed by atoms with van der Waals surface area (Å²) in [4.78, 5) is 22.7. The van der Waals surface area contributed by atoms with E-state index in [4.69, 9.17) is 9.63 Å². The van der Waals surface area contributed by atoms with E-state index >= 15 is 0 Å². The molecule has 0 radical (unpaired) electrons. The lowest BCUT2D eigenvalue weighted by Gasteiger charge is -2.09. The van der Waals surface area contributed by atoms with Gasteiger partial charge in [-0.1, -0.05) is 5.16 Å². The third-order valence-electron chi connectivity index (χ3n) is 2.59. The van der Waals surface area contributed by atoms with E-state index in [1.807, 2.05) is 0 Å². The number of hydrogen-bond acceptors (Lipinski definition) is 5. The van der Waals surface area contributed by atoms with Crippen molar-refractivity contribution in [3.8, 4) is 5.75 Å². The highest BCUT2D eigenvalue weighted by Gasteiger charge is 2.13. The lowest BCUT2D eigenvalue weighted by molar-refractivity contribution is 0.0697. The van der Waals surface area contributed by atoms with Crippen molar-refractivity contribution >= 4 is 17.7 Å². The lowest BCUT2D eigenvalue weighted by atomic mass is 10.1. The van der Waals surface area contributed by atoms with E-state index in [2.05, 4.69) is 15.8 Å². The van der Waals surface area contributed by atoms with E-state index in [0.29, 0.717) is 11.5 Å². The smallest absolute Gasteiger partial charge is 0.337 e. The number of benzene rings is 1. The van der Waals surface area contributed by atoms with Gasteiger partial charge in [-0.05, 0) is 25.1 Å². The Hall–Kier alpha value is -3.03. The van der Waals surface area contributed by atoms with E-state index in [1.165, 1.54) is 12.1 Å². The largest absolute Gasteiger partial charge is 0.508 e. The van der Waals surface area contributed by atoms with Crippen molar-refractivity contribution < 1.29 is 24.3 Å². The molecule has 4 N–H and O–H groups in total. The number of aromatic nitrogens is 1. The minimum atomic E-state index is -1.26. The molecule has 1 aromatic carbocycles. The van der Waals surface area contributed by atoms with Crippen LogP contribution in [0.3, 0.4) is 0 Å². The molecule has 0 aliphatic heterocycles. The first-order chi connectivity index (χ1) is 9.95. The first-order valence-corrected chi connectivity index (χ1v) is 5.99. The number of phenols is 1. The maximum atomic E-state index is 11.7. The molecule has 2 amide bonds. The van der Waals surface area contributed by atoms with E-state index in [1.54, 1.807) is 13.0 Å². The van der Waals surface area contributed by atoms with E-state index in [0.717, 1.165) is 6.07 Å². The van der Waals surface area contributed by atoms with Gasteiger partial charge < -0.3 is 25.4 Å². The molecule has 8 nitrogen and oxygen atoms in total. The fraction of sp³-hybridized carbons (Fsp3) is 0.154. The monoisotopic (exact) mass is 291 g/mol. The van der Waals surface area contributed by atoms with E-state index in [9.17, 15) is 14.7 Å². The third-order valence-corrected chi connectivity index (χ3v) is 2.59. The van der Waals surface area contributed by atoms with Gasteiger partial charge in [0, 0.05) is 6.07 Å². The summed E-state index contributed by atoms with van der Waals surface area (Å²) in [6.07, 6.45) is 0. The van der Waals surface area contributed by atoms with Crippen LogP contribution in [0.2, 0.25) is 0 Å². The van der Waals surface area contributed by atoms with Gasteiger partial charge in [0.05, 0.1) is 17.8 Å². The van der Waals surface area contributed by atoms with Crippen LogP contribution in [-0.4, -0.2) is 27.4 Å². The number of carboxylic acids is 1. The van der Waals surface area contributed by atoms with Crippen molar-refractivity contribution in [1.82, 2.24) is 10.5 Å². The lowest BCUT2D eigenvalue weighted by Crippen LogP contribution is -2.29. The molecule has 0 saturated carbocycles. The number of carbonyl (C=O) groups is 2. The molecule has 0 atom stereocenters. The van der Waals surface area contributed by atoms with Crippen molar-refractivity contribution in [2.75, 3.05) is 5.32 Å². The SMILES string of the molecule is Cc1cc(CNC(=O)Nc2ccc(O)cc2C(=O)O)no1. The van der Waals surface area contributed by atoms with Crippen LogP contribution in [0.1, 0.15) is 21.8 Å². The second-order valence-electron chi connectivity index (χ2n) is 4.27. The van der Waals surface area contributed by atoms with Crippen LogP contribution in [0.5, 0.6) is 5.75 Å². The van der Waals surface area contributed by atoms with Crippen molar-refractivity contribution in [1.29, 1.82) is 0 Å². The number of aromatic hydroxyl groups is 1. The first kappa shape index (κ1) is 14.4. The number of hydrogen-bond donors (Lipinski definition) is 4. The zero-order chi connectivity index (χ0) is 15.4. The number of carboxylic acid groups (broad SMARTS) is 1. The summed E-state index contributed by atoms with van der Waals surface area (Å²) in [5.41, 5.74) is 0.420. The zero-order valence-corrected chi connectivity index (χ0v) is 11.1. The van der Waals surface area contributed by atoms with Gasteiger partial charge in [-0.3, -0.25) is 0 Å². The van der Waals surface area contributed by atoms with Crippen molar-refractivity contribution in [3.63, 3.8) is 0 Å². The van der Waals surface area contributed by atoms with Crippen LogP contribution < -0.4 is 10.6 Å². The topological polar surface area (TPSA) is 125 Å². The molecule has 0 spiro atoms. The Labute approximate surface area is 119 Å². The number of amides is 2. The molecule has 8 heteroatoms. The number of carbonyl (C=O) groups excluding carboxylic acids is 1. The van der Waals surface area contributed by atoms with Crippen LogP contribution >= 0.6 is 0 Å². The molecule has 2 aromatic rings. The Bertz CT molecular complexity index is 680. The van der Waals surface area contributed by atoms with Gasteiger partial charge >= 0.3 is 12.0 Å². The number of aromatic carboxylic acids is 1. The molecule has 2 rings (SSSR count). The van der Waals surface area contributed by atoms with Crippen LogP contribution in [0, 0.1) is 6.92 Å². The number of nitrogens with one attached hydrogen (secondary N) is 2. The number of aryl methyl sites for hydroxylation is 1. The standard InChI is InChI=1S/C13H13N3O5/c1-7-4-8(16-21-7)6-14-13(20)15-11-3-2-9(17)5-10(11)12(18)19/h2-5,17H,6H2,1H3,(H,18,19)(H2,14,15,20). The molecule has 0 aliphatic rings. The van der Waals surface area contributed by atoms with Gasteiger partial charge in [0.2, 0.25) is 0 Å². The van der Waals surface area contributed by atoms with E-state index in [-0.39, 0.29) is 23.5 Å². The Morgan fingerprint density at radius 2 is 2.10 bits per heavy atom. The molecule has 0 bridgehead atoms. The second kappa shape index (κ2) is 5.95. The average molecular weight is 291 g/mol. The van der Waals surface area contributed by atoms with Crippen LogP contribution in [-0.2, 0) is 6.54 Å². The Kier molecular flexibility index (Phi) is 4.07. The maximum Gasteiger partial charge on any atom is 0.337 e. The highest BCUT2D eigenvalue weighted by Crippen LogP contribution is 2.21. The van der Waals surface area contributed by atoms with Gasteiger partial charge in [-0.25, -0.2) is 9.59 Å². The van der Waals surface area contributed by atoms with Crippen LogP contribution in [0.15, 0.2) is 28.8 Å². The molecule has 0 fully saturated rings. The summed E-state index contributed by atoms with van der Waals surface area (Å²) >= 11 is 0. The fourth-order valence-electron chi connectivity index (χ4n) is 1.66. The summed E-state index contributed by atoms with van der Waals surface area (Å²) in [5, 5.41) is 26.9. The first-order valence-electron chi connectivity index (χ1n) is 5.99. The number of rotatable bonds is 4. The number of urea groups is 1. The minimum absolute atomic E-state index is 0.0779. The van der Waals surface area contributed by atoms with Gasteiger partial charge in [0.1, 0.15) is 17.2 Å². The normalized spacial score (nSPS) is 10.1. The molecular weight excluding hydrogens is 278 g/mol. The average Bonchev–Trinajstić information content (AvgIpc) is 2.84. The Balaban J connectivity index is 2.01. The predicted octanol–water partition coefficient (Wildman–Crippen LogP) is 1.71. The number of nitrogens with zero attached hydrogens (tertiary/aromatic N) is 1. The molecule has 0 saturated heterocycles. The van der Waals surface area contributed by atoms with Gasteiger partial charge in [0.15, 0.2) is 0 Å². The van der Waals surface area contributed by atoms with Crippen molar-refractivity contribution in [2.45, 2.75) is 13.5 Å². The molecule has 0 unspecified atom stereocenters. The second-order valence-corrected chi connectivity index (χ2v) is 4.27. The number of phenolic OH excluding ortho intramolecular Hbond substituents is 1. The summed E-state index contributed by atoms with van der Waals surface area (Å²) < 4.78 is 4.85. The van der Waals surface area contributed by atoms with Crippen molar-refractivity contribution in [2.24, 2.45) is 0 Å². The van der Waals surface area contributed by atoms with Gasteiger partial charge in [-0.15, -0.1) is 0 Å². The van der Waals surface area contributed by atoms with Gasteiger partial charge in [0.25, 0.3) is 0 Å². The fourth-order valence-corrected chi connectivity index (χ4v) is 1.66. The summed E-state index contributed by atoms with van der Waals surface area (Å²) in [7, 11) is 0. The number of anilines is 1.